The number of carbonyl (C=O) groups is 1. The van der Waals surface area contributed by atoms with Crippen LogP contribution in [-0.4, -0.2) is 56.9 Å². The summed E-state index contributed by atoms with van der Waals surface area (Å²) >= 11 is 0. The summed E-state index contributed by atoms with van der Waals surface area (Å²) in [6, 6.07) is 7.13. The maximum atomic E-state index is 12.1. The molecule has 1 N–H and O–H groups in total. The molecule has 0 saturated carbocycles. The molecule has 0 spiro atoms. The van der Waals surface area contributed by atoms with Gasteiger partial charge >= 0.3 is 12.1 Å². The van der Waals surface area contributed by atoms with E-state index < -0.39 is 12.8 Å². The number of esters is 1. The van der Waals surface area contributed by atoms with Crippen molar-refractivity contribution in [3.8, 4) is 0 Å². The van der Waals surface area contributed by atoms with Crippen molar-refractivity contribution in [1.29, 1.82) is 0 Å². The molecule has 1 aromatic carbocycles. The molecule has 2 rings (SSSR count). The van der Waals surface area contributed by atoms with Crippen molar-refractivity contribution in [3.05, 3.63) is 35.4 Å². The van der Waals surface area contributed by atoms with E-state index in [-0.39, 0.29) is 24.4 Å². The van der Waals surface area contributed by atoms with Gasteiger partial charge in [-0.25, -0.2) is 0 Å². The highest BCUT2D eigenvalue weighted by atomic mass is 19.4. The quantitative estimate of drug-likeness (QED) is 0.451. The molecule has 1 aromatic rings. The van der Waals surface area contributed by atoms with E-state index in [4.69, 9.17) is 4.74 Å². The first-order chi connectivity index (χ1) is 13.2. The number of ether oxygens (including phenoxy) is 2. The molecule has 2 atom stereocenters. The molecule has 2 unspecified atom stereocenters. The fourth-order valence-corrected chi connectivity index (χ4v) is 3.15. The number of likely N-dealkylation sites (tertiary alicyclic amines) is 1. The van der Waals surface area contributed by atoms with Gasteiger partial charge in [0.15, 0.2) is 5.96 Å². The molecular weight excluding hydrogens is 375 g/mol. The first-order valence-electron chi connectivity index (χ1n) is 8.99. The largest absolute Gasteiger partial charge is 0.469 e. The summed E-state index contributed by atoms with van der Waals surface area (Å²) < 4.78 is 45.8. The first kappa shape index (κ1) is 22.0. The molecule has 1 aliphatic rings. The van der Waals surface area contributed by atoms with Crippen molar-refractivity contribution >= 4 is 11.9 Å². The summed E-state index contributed by atoms with van der Waals surface area (Å²) in [5.41, 5.74) is 1.63. The maximum absolute atomic E-state index is 12.1. The number of aliphatic imine (C=N–C) groups is 1. The molecular formula is C19H26F3N3O3. The number of alkyl halides is 3. The van der Waals surface area contributed by atoms with Crippen molar-refractivity contribution in [3.63, 3.8) is 0 Å². The molecule has 0 radical (unpaired) electrons. The van der Waals surface area contributed by atoms with Gasteiger partial charge in [0.1, 0.15) is 6.61 Å². The highest BCUT2D eigenvalue weighted by Crippen LogP contribution is 2.24. The van der Waals surface area contributed by atoms with E-state index in [0.717, 1.165) is 5.56 Å². The molecule has 0 aliphatic carbocycles. The molecule has 9 heteroatoms. The zero-order valence-corrected chi connectivity index (χ0v) is 16.3. The van der Waals surface area contributed by atoms with Gasteiger partial charge in [-0.05, 0) is 17.0 Å². The van der Waals surface area contributed by atoms with E-state index in [1.54, 1.807) is 19.2 Å². The van der Waals surface area contributed by atoms with Crippen LogP contribution in [0.5, 0.6) is 0 Å². The Morgan fingerprint density at radius 3 is 2.46 bits per heavy atom. The van der Waals surface area contributed by atoms with Gasteiger partial charge in [-0.2, -0.15) is 13.2 Å². The Morgan fingerprint density at radius 2 is 1.89 bits per heavy atom. The van der Waals surface area contributed by atoms with Crippen molar-refractivity contribution < 1.29 is 27.4 Å². The lowest BCUT2D eigenvalue weighted by Crippen LogP contribution is -2.40. The lowest BCUT2D eigenvalue weighted by atomic mass is 9.99. The number of benzene rings is 1. The van der Waals surface area contributed by atoms with Crippen molar-refractivity contribution in [2.75, 3.05) is 33.9 Å². The Labute approximate surface area is 162 Å². The molecule has 156 valence electrons. The molecule has 0 bridgehead atoms. The van der Waals surface area contributed by atoms with Crippen LogP contribution in [0.2, 0.25) is 0 Å². The third kappa shape index (κ3) is 6.40. The smallest absolute Gasteiger partial charge is 0.411 e. The summed E-state index contributed by atoms with van der Waals surface area (Å²) in [7, 11) is 3.07. The van der Waals surface area contributed by atoms with E-state index >= 15 is 0 Å². The van der Waals surface area contributed by atoms with Crippen molar-refractivity contribution in [1.82, 2.24) is 10.2 Å². The summed E-state index contributed by atoms with van der Waals surface area (Å²) in [5, 5.41) is 3.25. The monoisotopic (exact) mass is 401 g/mol. The zero-order chi connectivity index (χ0) is 20.7. The minimum absolute atomic E-state index is 0.0878. The topological polar surface area (TPSA) is 63.2 Å². The average Bonchev–Trinajstić information content (AvgIpc) is 3.03. The standard InChI is InChI=1S/C19H26F3N3O3/c1-13-9-25(10-16(13)17(26)27-3)18(23-2)24-8-14-4-6-15(7-5-14)11-28-12-19(20,21)22/h4-7,13,16H,8-12H2,1-3H3,(H,23,24). The number of nitrogens with zero attached hydrogens (tertiary/aromatic N) is 2. The van der Waals surface area contributed by atoms with E-state index in [0.29, 0.717) is 31.2 Å². The van der Waals surface area contributed by atoms with Crippen LogP contribution in [0.4, 0.5) is 13.2 Å². The number of hydrogen-bond donors (Lipinski definition) is 1. The highest BCUT2D eigenvalue weighted by Gasteiger charge is 2.36. The Hall–Kier alpha value is -2.29. The van der Waals surface area contributed by atoms with Crippen LogP contribution in [0.3, 0.4) is 0 Å². The van der Waals surface area contributed by atoms with Crippen LogP contribution < -0.4 is 5.32 Å². The minimum atomic E-state index is -4.32. The van der Waals surface area contributed by atoms with E-state index in [9.17, 15) is 18.0 Å². The van der Waals surface area contributed by atoms with Gasteiger partial charge in [0.05, 0.1) is 19.6 Å². The normalized spacial score (nSPS) is 20.4. The summed E-state index contributed by atoms with van der Waals surface area (Å²) in [6.07, 6.45) is -4.32. The van der Waals surface area contributed by atoms with Gasteiger partial charge in [0, 0.05) is 26.7 Å². The summed E-state index contributed by atoms with van der Waals surface area (Å²) in [6.45, 7) is 2.42. The van der Waals surface area contributed by atoms with E-state index in [1.165, 1.54) is 7.11 Å². The van der Waals surface area contributed by atoms with Crippen LogP contribution in [0.1, 0.15) is 18.1 Å². The summed E-state index contributed by atoms with van der Waals surface area (Å²) in [5.74, 6) is 0.464. The van der Waals surface area contributed by atoms with Gasteiger partial charge in [0.25, 0.3) is 0 Å². The lowest BCUT2D eigenvalue weighted by molar-refractivity contribution is -0.176. The van der Waals surface area contributed by atoms with Crippen LogP contribution in [-0.2, 0) is 27.4 Å². The van der Waals surface area contributed by atoms with Crippen LogP contribution in [0.25, 0.3) is 0 Å². The van der Waals surface area contributed by atoms with Crippen molar-refractivity contribution in [2.24, 2.45) is 16.8 Å². The SMILES string of the molecule is CN=C(NCc1ccc(COCC(F)(F)F)cc1)N1CC(C)C(C(=O)OC)C1. The molecule has 28 heavy (non-hydrogen) atoms. The lowest BCUT2D eigenvalue weighted by Gasteiger charge is -2.21. The number of methoxy groups -OCH3 is 1. The molecule has 1 saturated heterocycles. The number of nitrogens with one attached hydrogen (secondary N) is 1. The van der Waals surface area contributed by atoms with Crippen molar-refractivity contribution in [2.45, 2.75) is 26.3 Å². The third-order valence-corrected chi connectivity index (χ3v) is 4.64. The van der Waals surface area contributed by atoms with Gasteiger partial charge in [-0.1, -0.05) is 31.2 Å². The van der Waals surface area contributed by atoms with Crippen LogP contribution in [0, 0.1) is 11.8 Å². The predicted molar refractivity (Wildman–Crippen MR) is 98.6 cm³/mol. The Bertz CT molecular complexity index is 677. The van der Waals surface area contributed by atoms with Crippen LogP contribution >= 0.6 is 0 Å². The predicted octanol–water partition coefficient (Wildman–Crippen LogP) is 2.58. The zero-order valence-electron chi connectivity index (χ0n) is 16.3. The Kier molecular flexibility index (Phi) is 7.68. The van der Waals surface area contributed by atoms with Gasteiger partial charge in [-0.3, -0.25) is 9.79 Å². The summed E-state index contributed by atoms with van der Waals surface area (Å²) in [4.78, 5) is 18.1. The van der Waals surface area contributed by atoms with Gasteiger partial charge in [-0.15, -0.1) is 0 Å². The number of halogens is 3. The second-order valence-corrected chi connectivity index (χ2v) is 6.84. The first-order valence-corrected chi connectivity index (χ1v) is 8.99. The van der Waals surface area contributed by atoms with Crippen LogP contribution in [0.15, 0.2) is 29.3 Å². The Balaban J connectivity index is 1.84. The second-order valence-electron chi connectivity index (χ2n) is 6.84. The number of hydrogen-bond acceptors (Lipinski definition) is 4. The van der Waals surface area contributed by atoms with E-state index in [1.807, 2.05) is 24.0 Å². The van der Waals surface area contributed by atoms with E-state index in [2.05, 4.69) is 15.0 Å². The highest BCUT2D eigenvalue weighted by molar-refractivity contribution is 5.82. The van der Waals surface area contributed by atoms with Gasteiger partial charge < -0.3 is 19.7 Å². The average molecular weight is 401 g/mol. The third-order valence-electron chi connectivity index (χ3n) is 4.64. The van der Waals surface area contributed by atoms with Gasteiger partial charge in [0.2, 0.25) is 0 Å². The number of guanidine groups is 1. The fraction of sp³-hybridized carbons (Fsp3) is 0.579. The minimum Gasteiger partial charge on any atom is -0.469 e. The fourth-order valence-electron chi connectivity index (χ4n) is 3.15. The molecule has 6 nitrogen and oxygen atoms in total. The molecule has 1 fully saturated rings. The number of carbonyl (C=O) groups excluding carboxylic acids is 1. The molecule has 0 amide bonds. The molecule has 0 aromatic heterocycles. The number of rotatable bonds is 6. The molecule has 1 heterocycles. The Morgan fingerprint density at radius 1 is 1.25 bits per heavy atom. The second kappa shape index (κ2) is 9.77. The maximum Gasteiger partial charge on any atom is 0.411 e. The molecule has 1 aliphatic heterocycles.